The van der Waals surface area contributed by atoms with Crippen molar-refractivity contribution in [3.63, 3.8) is 0 Å². The Kier molecular flexibility index (Phi) is 5.16. The molecule has 3 aromatic heterocycles. The van der Waals surface area contributed by atoms with Gasteiger partial charge in [0.15, 0.2) is 0 Å². The van der Waals surface area contributed by atoms with Gasteiger partial charge in [0.25, 0.3) is 0 Å². The number of carbonyl (C=O) groups excluding carboxylic acids is 1. The lowest BCUT2D eigenvalue weighted by Crippen LogP contribution is -2.42. The number of hydrogen-bond acceptors (Lipinski definition) is 6. The number of halogens is 1. The number of nitrogens with two attached hydrogens (primary N) is 1. The molecule has 4 rings (SSSR count). The second-order valence-electron chi connectivity index (χ2n) is 7.25. The molecule has 0 saturated heterocycles. The normalized spacial score (nSPS) is 15.9. The van der Waals surface area contributed by atoms with Gasteiger partial charge in [0.1, 0.15) is 17.6 Å². The first-order valence-electron chi connectivity index (χ1n) is 9.48. The van der Waals surface area contributed by atoms with Crippen LogP contribution in [-0.4, -0.2) is 32.6 Å². The van der Waals surface area contributed by atoms with E-state index in [1.807, 2.05) is 0 Å². The molecule has 3 aromatic rings. The fraction of sp³-hybridized carbons (Fsp3) is 0.286. The maximum atomic E-state index is 14.2. The molecule has 148 valence electrons. The van der Waals surface area contributed by atoms with Gasteiger partial charge in [-0.2, -0.15) is 5.10 Å². The van der Waals surface area contributed by atoms with E-state index in [9.17, 15) is 9.18 Å². The van der Waals surface area contributed by atoms with Crippen molar-refractivity contribution in [1.29, 1.82) is 0 Å². The number of aromatic nitrogens is 4. The number of amides is 1. The summed E-state index contributed by atoms with van der Waals surface area (Å²) in [5, 5.41) is 11.6. The Balaban J connectivity index is 1.50. The van der Waals surface area contributed by atoms with Crippen LogP contribution < -0.4 is 11.1 Å². The summed E-state index contributed by atoms with van der Waals surface area (Å²) in [5.74, 6) is -1.05. The van der Waals surface area contributed by atoms with E-state index in [1.54, 1.807) is 48.8 Å². The second kappa shape index (κ2) is 7.90. The predicted molar refractivity (Wildman–Crippen MR) is 106 cm³/mol. The summed E-state index contributed by atoms with van der Waals surface area (Å²) in [6.45, 7) is 0.508. The van der Waals surface area contributed by atoms with Crippen molar-refractivity contribution in [1.82, 2.24) is 20.2 Å². The Labute approximate surface area is 167 Å². The molecule has 1 amide bonds. The van der Waals surface area contributed by atoms with Crippen molar-refractivity contribution >= 4 is 11.7 Å². The van der Waals surface area contributed by atoms with Crippen LogP contribution in [-0.2, 0) is 10.2 Å². The Morgan fingerprint density at radius 3 is 2.48 bits per heavy atom. The zero-order chi connectivity index (χ0) is 20.3. The molecule has 1 aliphatic carbocycles. The maximum absolute atomic E-state index is 14.2. The molecule has 0 bridgehead atoms. The molecule has 1 saturated carbocycles. The molecule has 0 radical (unpaired) electrons. The lowest BCUT2D eigenvalue weighted by atomic mass is 9.66. The van der Waals surface area contributed by atoms with Crippen LogP contribution in [0.1, 0.15) is 42.3 Å². The van der Waals surface area contributed by atoms with Crippen molar-refractivity contribution in [3.05, 3.63) is 77.8 Å². The molecule has 3 N–H and O–H groups in total. The van der Waals surface area contributed by atoms with E-state index in [0.29, 0.717) is 29.4 Å². The Morgan fingerprint density at radius 1 is 1.07 bits per heavy atom. The summed E-state index contributed by atoms with van der Waals surface area (Å²) in [5.41, 5.74) is 6.66. The molecule has 8 heteroatoms. The summed E-state index contributed by atoms with van der Waals surface area (Å²) in [6, 6.07) is 11.8. The highest BCUT2D eigenvalue weighted by Crippen LogP contribution is 2.43. The molecule has 0 spiro atoms. The number of primary amides is 1. The van der Waals surface area contributed by atoms with E-state index in [-0.39, 0.29) is 11.2 Å². The summed E-state index contributed by atoms with van der Waals surface area (Å²) in [7, 11) is 0. The SMILES string of the molecule is NC(=O)C(c1ccccn1)c1ccc(NCC2(c3ncccc3F)CCC2)nn1. The minimum atomic E-state index is -0.765. The van der Waals surface area contributed by atoms with Gasteiger partial charge in [0, 0.05) is 24.4 Å². The van der Waals surface area contributed by atoms with Crippen molar-refractivity contribution in [3.8, 4) is 0 Å². The molecule has 7 nitrogen and oxygen atoms in total. The lowest BCUT2D eigenvalue weighted by Gasteiger charge is -2.41. The summed E-state index contributed by atoms with van der Waals surface area (Å²) < 4.78 is 14.2. The Bertz CT molecular complexity index is 992. The van der Waals surface area contributed by atoms with E-state index < -0.39 is 11.8 Å². The van der Waals surface area contributed by atoms with Crippen molar-refractivity contribution in [2.75, 3.05) is 11.9 Å². The molecule has 1 aliphatic rings. The second-order valence-corrected chi connectivity index (χ2v) is 7.25. The molecule has 29 heavy (non-hydrogen) atoms. The topological polar surface area (TPSA) is 107 Å². The van der Waals surface area contributed by atoms with Crippen molar-refractivity contribution in [2.45, 2.75) is 30.6 Å². The van der Waals surface area contributed by atoms with Crippen LogP contribution in [0.25, 0.3) is 0 Å². The number of hydrogen-bond donors (Lipinski definition) is 2. The monoisotopic (exact) mass is 392 g/mol. The van der Waals surface area contributed by atoms with Crippen LogP contribution in [0.4, 0.5) is 10.2 Å². The van der Waals surface area contributed by atoms with E-state index >= 15 is 0 Å². The van der Waals surface area contributed by atoms with Gasteiger partial charge >= 0.3 is 0 Å². The third-order valence-electron chi connectivity index (χ3n) is 5.43. The molecule has 0 aromatic carbocycles. The molecular weight excluding hydrogens is 371 g/mol. The van der Waals surface area contributed by atoms with Gasteiger partial charge in [-0.15, -0.1) is 5.10 Å². The van der Waals surface area contributed by atoms with Gasteiger partial charge in [-0.3, -0.25) is 14.8 Å². The largest absolute Gasteiger partial charge is 0.369 e. The molecule has 1 atom stereocenters. The fourth-order valence-corrected chi connectivity index (χ4v) is 3.72. The zero-order valence-corrected chi connectivity index (χ0v) is 15.8. The molecule has 3 heterocycles. The fourth-order valence-electron chi connectivity index (χ4n) is 3.72. The van der Waals surface area contributed by atoms with Crippen LogP contribution >= 0.6 is 0 Å². The predicted octanol–water partition coefficient (Wildman–Crippen LogP) is 2.56. The smallest absolute Gasteiger partial charge is 0.232 e. The van der Waals surface area contributed by atoms with Gasteiger partial charge in [-0.05, 0) is 49.2 Å². The first-order valence-corrected chi connectivity index (χ1v) is 9.48. The minimum absolute atomic E-state index is 0.282. The molecule has 0 aliphatic heterocycles. The maximum Gasteiger partial charge on any atom is 0.232 e. The number of rotatable bonds is 7. The summed E-state index contributed by atoms with van der Waals surface area (Å²) >= 11 is 0. The molecular formula is C21H21FN6O. The van der Waals surface area contributed by atoms with Crippen LogP contribution in [0.3, 0.4) is 0 Å². The Hall–Kier alpha value is -3.42. The molecule has 1 unspecified atom stereocenters. The summed E-state index contributed by atoms with van der Waals surface area (Å²) in [4.78, 5) is 20.4. The van der Waals surface area contributed by atoms with Crippen LogP contribution in [0.2, 0.25) is 0 Å². The number of nitrogens with zero attached hydrogens (tertiary/aromatic N) is 4. The van der Waals surface area contributed by atoms with Gasteiger partial charge in [-0.25, -0.2) is 4.39 Å². The van der Waals surface area contributed by atoms with Gasteiger partial charge in [-0.1, -0.05) is 12.5 Å². The molecule has 1 fully saturated rings. The van der Waals surface area contributed by atoms with E-state index in [2.05, 4.69) is 25.5 Å². The van der Waals surface area contributed by atoms with E-state index in [1.165, 1.54) is 6.07 Å². The number of pyridine rings is 2. The average molecular weight is 392 g/mol. The van der Waals surface area contributed by atoms with E-state index in [4.69, 9.17) is 5.73 Å². The highest BCUT2D eigenvalue weighted by Gasteiger charge is 2.41. The number of carbonyl (C=O) groups is 1. The zero-order valence-electron chi connectivity index (χ0n) is 15.8. The first-order chi connectivity index (χ1) is 14.1. The third-order valence-corrected chi connectivity index (χ3v) is 5.43. The highest BCUT2D eigenvalue weighted by molar-refractivity contribution is 5.84. The first kappa shape index (κ1) is 18.9. The van der Waals surface area contributed by atoms with E-state index in [0.717, 1.165) is 19.3 Å². The third kappa shape index (κ3) is 3.78. The van der Waals surface area contributed by atoms with Gasteiger partial charge in [0.2, 0.25) is 5.91 Å². The lowest BCUT2D eigenvalue weighted by molar-refractivity contribution is -0.118. The van der Waals surface area contributed by atoms with Crippen LogP contribution in [0, 0.1) is 5.82 Å². The van der Waals surface area contributed by atoms with Crippen LogP contribution in [0.5, 0.6) is 0 Å². The number of anilines is 1. The van der Waals surface area contributed by atoms with Crippen molar-refractivity contribution in [2.24, 2.45) is 5.73 Å². The highest BCUT2D eigenvalue weighted by atomic mass is 19.1. The summed E-state index contributed by atoms with van der Waals surface area (Å²) in [6.07, 6.45) is 5.98. The quantitative estimate of drug-likeness (QED) is 0.640. The standard InChI is InChI=1S/C21H21FN6O/c22-14-5-3-12-25-19(14)21(9-4-10-21)13-26-17-8-7-16(27-28-17)18(20(23)29)15-6-1-2-11-24-15/h1-3,5-8,11-12,18H,4,9-10,13H2,(H2,23,29)(H,26,28). The Morgan fingerprint density at radius 2 is 1.90 bits per heavy atom. The van der Waals surface area contributed by atoms with Gasteiger partial charge < -0.3 is 11.1 Å². The van der Waals surface area contributed by atoms with Crippen molar-refractivity contribution < 1.29 is 9.18 Å². The minimum Gasteiger partial charge on any atom is -0.369 e. The average Bonchev–Trinajstić information content (AvgIpc) is 2.70. The van der Waals surface area contributed by atoms with Gasteiger partial charge in [0.05, 0.1) is 17.1 Å². The number of nitrogens with one attached hydrogen (secondary N) is 1. The van der Waals surface area contributed by atoms with Crippen LogP contribution in [0.15, 0.2) is 54.9 Å².